The van der Waals surface area contributed by atoms with Gasteiger partial charge in [0, 0.05) is 12.1 Å². The maximum Gasteiger partial charge on any atom is 0.319 e. The van der Waals surface area contributed by atoms with Gasteiger partial charge in [0.05, 0.1) is 18.9 Å². The van der Waals surface area contributed by atoms with Gasteiger partial charge >= 0.3 is 6.03 Å². The van der Waals surface area contributed by atoms with Crippen molar-refractivity contribution in [3.05, 3.63) is 24.0 Å². The van der Waals surface area contributed by atoms with Gasteiger partial charge in [-0.15, -0.1) is 0 Å². The summed E-state index contributed by atoms with van der Waals surface area (Å²) in [7, 11) is 1.42. The predicted octanol–water partition coefficient (Wildman–Crippen LogP) is 2.26. The van der Waals surface area contributed by atoms with Crippen molar-refractivity contribution in [1.82, 2.24) is 5.32 Å². The molecule has 3 N–H and O–H groups in total. The van der Waals surface area contributed by atoms with Gasteiger partial charge in [0.15, 0.2) is 0 Å². The molecule has 2 rings (SSSR count). The molecule has 0 radical (unpaired) electrons. The van der Waals surface area contributed by atoms with Crippen molar-refractivity contribution < 1.29 is 19.0 Å². The van der Waals surface area contributed by atoms with Crippen LogP contribution in [0.4, 0.5) is 14.9 Å². The van der Waals surface area contributed by atoms with Crippen molar-refractivity contribution in [2.45, 2.75) is 37.8 Å². The molecular formula is C14H19FN2O3. The van der Waals surface area contributed by atoms with E-state index < -0.39 is 5.82 Å². The number of hydrogen-bond donors (Lipinski definition) is 3. The van der Waals surface area contributed by atoms with Crippen LogP contribution in [0.25, 0.3) is 0 Å². The van der Waals surface area contributed by atoms with Crippen LogP contribution in [0.15, 0.2) is 18.2 Å². The fraction of sp³-hybridized carbons (Fsp3) is 0.500. The van der Waals surface area contributed by atoms with Crippen LogP contribution in [0, 0.1) is 5.82 Å². The number of urea groups is 1. The van der Waals surface area contributed by atoms with Gasteiger partial charge in [-0.2, -0.15) is 0 Å². The van der Waals surface area contributed by atoms with Gasteiger partial charge in [-0.1, -0.05) is 0 Å². The zero-order valence-electron chi connectivity index (χ0n) is 11.4. The average Bonchev–Trinajstić information content (AvgIpc) is 2.43. The number of aliphatic hydroxyl groups excluding tert-OH is 1. The molecule has 1 saturated carbocycles. The fourth-order valence-corrected chi connectivity index (χ4v) is 2.33. The first-order valence-corrected chi connectivity index (χ1v) is 6.67. The van der Waals surface area contributed by atoms with Gasteiger partial charge in [0.2, 0.25) is 0 Å². The summed E-state index contributed by atoms with van der Waals surface area (Å²) in [6, 6.07) is 3.64. The Morgan fingerprint density at radius 2 is 2.05 bits per heavy atom. The molecule has 0 unspecified atom stereocenters. The number of amides is 2. The minimum Gasteiger partial charge on any atom is -0.494 e. The van der Waals surface area contributed by atoms with Gasteiger partial charge in [-0.25, -0.2) is 9.18 Å². The van der Waals surface area contributed by atoms with E-state index in [1.165, 1.54) is 25.3 Å². The molecule has 0 spiro atoms. The molecule has 1 aliphatic rings. The van der Waals surface area contributed by atoms with Crippen molar-refractivity contribution in [3.63, 3.8) is 0 Å². The lowest BCUT2D eigenvalue weighted by atomic mass is 9.93. The molecule has 5 nitrogen and oxygen atoms in total. The number of benzene rings is 1. The first-order chi connectivity index (χ1) is 9.58. The van der Waals surface area contributed by atoms with Gasteiger partial charge < -0.3 is 20.5 Å². The Bertz CT molecular complexity index is 473. The molecule has 0 saturated heterocycles. The molecule has 0 aromatic heterocycles. The summed E-state index contributed by atoms with van der Waals surface area (Å²) < 4.78 is 18.1. The second-order valence-electron chi connectivity index (χ2n) is 4.95. The number of methoxy groups -OCH3 is 1. The zero-order valence-corrected chi connectivity index (χ0v) is 11.4. The van der Waals surface area contributed by atoms with E-state index in [1.807, 2.05) is 0 Å². The number of carbonyl (C=O) groups is 1. The van der Waals surface area contributed by atoms with Gasteiger partial charge in [0.1, 0.15) is 11.6 Å². The highest BCUT2D eigenvalue weighted by atomic mass is 19.1. The zero-order chi connectivity index (χ0) is 14.5. The summed E-state index contributed by atoms with van der Waals surface area (Å²) in [5.74, 6) is -0.145. The van der Waals surface area contributed by atoms with E-state index in [9.17, 15) is 14.3 Å². The second-order valence-corrected chi connectivity index (χ2v) is 4.95. The topological polar surface area (TPSA) is 70.6 Å². The highest BCUT2D eigenvalue weighted by Gasteiger charge is 2.21. The largest absolute Gasteiger partial charge is 0.494 e. The normalized spacial score (nSPS) is 22.1. The van der Waals surface area contributed by atoms with E-state index in [0.29, 0.717) is 18.5 Å². The van der Waals surface area contributed by atoms with Crippen molar-refractivity contribution in [1.29, 1.82) is 0 Å². The minimum atomic E-state index is -0.422. The number of rotatable bonds is 3. The summed E-state index contributed by atoms with van der Waals surface area (Å²) in [5, 5.41) is 14.9. The van der Waals surface area contributed by atoms with Crippen LogP contribution < -0.4 is 15.4 Å². The van der Waals surface area contributed by atoms with Crippen LogP contribution in [0.5, 0.6) is 5.75 Å². The molecule has 2 amide bonds. The SMILES string of the molecule is COc1cc(F)ccc1NC(=O)NC1CCC(O)CC1. The number of ether oxygens (including phenoxy) is 1. The Morgan fingerprint density at radius 1 is 1.35 bits per heavy atom. The molecule has 0 heterocycles. The Morgan fingerprint density at radius 3 is 2.70 bits per heavy atom. The standard InChI is InChI=1S/C14H19FN2O3/c1-20-13-8-9(15)2-7-12(13)17-14(19)16-10-3-5-11(18)6-4-10/h2,7-8,10-11,18H,3-6H2,1H3,(H2,16,17,19). The smallest absolute Gasteiger partial charge is 0.319 e. The summed E-state index contributed by atoms with van der Waals surface area (Å²) in [4.78, 5) is 11.9. The molecular weight excluding hydrogens is 263 g/mol. The van der Waals surface area contributed by atoms with Crippen LogP contribution in [-0.2, 0) is 0 Å². The Balaban J connectivity index is 1.91. The monoisotopic (exact) mass is 282 g/mol. The number of hydrogen-bond acceptors (Lipinski definition) is 3. The Labute approximate surface area is 117 Å². The van der Waals surface area contributed by atoms with Crippen molar-refractivity contribution in [3.8, 4) is 5.75 Å². The van der Waals surface area contributed by atoms with Crippen molar-refractivity contribution in [2.24, 2.45) is 0 Å². The number of aliphatic hydroxyl groups is 1. The highest BCUT2D eigenvalue weighted by molar-refractivity contribution is 5.91. The van der Waals surface area contributed by atoms with Crippen molar-refractivity contribution in [2.75, 3.05) is 12.4 Å². The third kappa shape index (κ3) is 3.84. The van der Waals surface area contributed by atoms with Crippen molar-refractivity contribution >= 4 is 11.7 Å². The van der Waals surface area contributed by atoms with Crippen LogP contribution in [0.3, 0.4) is 0 Å². The molecule has 6 heteroatoms. The van der Waals surface area contributed by atoms with Crippen LogP contribution in [-0.4, -0.2) is 30.4 Å². The number of nitrogens with one attached hydrogen (secondary N) is 2. The Hall–Kier alpha value is -1.82. The molecule has 1 aromatic rings. The molecule has 0 aliphatic heterocycles. The van der Waals surface area contributed by atoms with E-state index in [2.05, 4.69) is 10.6 Å². The molecule has 1 aliphatic carbocycles. The summed E-state index contributed by atoms with van der Waals surface area (Å²) in [6.07, 6.45) is 2.66. The van der Waals surface area contributed by atoms with E-state index in [1.54, 1.807) is 0 Å². The number of carbonyl (C=O) groups excluding carboxylic acids is 1. The molecule has 1 fully saturated rings. The highest BCUT2D eigenvalue weighted by Crippen LogP contribution is 2.25. The average molecular weight is 282 g/mol. The molecule has 0 bridgehead atoms. The fourth-order valence-electron chi connectivity index (χ4n) is 2.33. The lowest BCUT2D eigenvalue weighted by Crippen LogP contribution is -2.40. The van der Waals surface area contributed by atoms with E-state index >= 15 is 0 Å². The molecule has 0 atom stereocenters. The van der Waals surface area contributed by atoms with Crippen LogP contribution >= 0.6 is 0 Å². The third-order valence-electron chi connectivity index (χ3n) is 3.44. The number of halogens is 1. The maximum atomic E-state index is 13.0. The summed E-state index contributed by atoms with van der Waals surface area (Å²) in [6.45, 7) is 0. The lowest BCUT2D eigenvalue weighted by molar-refractivity contribution is 0.118. The third-order valence-corrected chi connectivity index (χ3v) is 3.44. The molecule has 1 aromatic carbocycles. The molecule has 20 heavy (non-hydrogen) atoms. The number of anilines is 1. The van der Waals surface area contributed by atoms with Gasteiger partial charge in [0.25, 0.3) is 0 Å². The van der Waals surface area contributed by atoms with Crippen LogP contribution in [0.2, 0.25) is 0 Å². The first kappa shape index (κ1) is 14.6. The first-order valence-electron chi connectivity index (χ1n) is 6.67. The van der Waals surface area contributed by atoms with E-state index in [0.717, 1.165) is 12.8 Å². The predicted molar refractivity (Wildman–Crippen MR) is 73.4 cm³/mol. The second kappa shape index (κ2) is 6.56. The maximum absolute atomic E-state index is 13.0. The van der Waals surface area contributed by atoms with E-state index in [4.69, 9.17) is 4.74 Å². The summed E-state index contributed by atoms with van der Waals surface area (Å²) in [5.41, 5.74) is 0.419. The lowest BCUT2D eigenvalue weighted by Gasteiger charge is -2.26. The summed E-state index contributed by atoms with van der Waals surface area (Å²) >= 11 is 0. The van der Waals surface area contributed by atoms with E-state index in [-0.39, 0.29) is 23.9 Å². The Kier molecular flexibility index (Phi) is 4.79. The minimum absolute atomic E-state index is 0.0600. The quantitative estimate of drug-likeness (QED) is 0.796. The molecule has 110 valence electrons. The van der Waals surface area contributed by atoms with Gasteiger partial charge in [-0.05, 0) is 37.8 Å². The van der Waals surface area contributed by atoms with Crippen LogP contribution in [0.1, 0.15) is 25.7 Å². The van der Waals surface area contributed by atoms with Gasteiger partial charge in [-0.3, -0.25) is 0 Å².